The monoisotopic (exact) mass is 253 g/mol. The molecule has 1 aromatic rings. The molecular weight excluding hydrogens is 230 g/mol. The molecule has 1 rings (SSSR count). The fourth-order valence-corrected chi connectivity index (χ4v) is 1.79. The van der Waals surface area contributed by atoms with Crippen LogP contribution in [0.4, 0.5) is 0 Å². The highest BCUT2D eigenvalue weighted by Crippen LogP contribution is 2.14. The van der Waals surface area contributed by atoms with Gasteiger partial charge >= 0.3 is 0 Å². The van der Waals surface area contributed by atoms with Crippen LogP contribution in [-0.4, -0.2) is 23.1 Å². The van der Waals surface area contributed by atoms with E-state index in [0.717, 1.165) is 17.0 Å². The number of nitrogens with two attached hydrogens (primary N) is 1. The van der Waals surface area contributed by atoms with Gasteiger partial charge in [-0.1, -0.05) is 19.0 Å². The van der Waals surface area contributed by atoms with Gasteiger partial charge in [0.05, 0.1) is 11.7 Å². The van der Waals surface area contributed by atoms with Crippen molar-refractivity contribution in [2.45, 2.75) is 53.1 Å². The van der Waals surface area contributed by atoms with E-state index in [4.69, 9.17) is 10.3 Å². The van der Waals surface area contributed by atoms with Crippen LogP contribution in [0.2, 0.25) is 0 Å². The van der Waals surface area contributed by atoms with Crippen LogP contribution in [-0.2, 0) is 11.2 Å². The van der Waals surface area contributed by atoms with Crippen LogP contribution >= 0.6 is 0 Å². The Morgan fingerprint density at radius 1 is 1.39 bits per heavy atom. The van der Waals surface area contributed by atoms with Gasteiger partial charge in [-0.2, -0.15) is 0 Å². The summed E-state index contributed by atoms with van der Waals surface area (Å²) in [6, 6.07) is -0.448. The Morgan fingerprint density at radius 3 is 2.44 bits per heavy atom. The van der Waals surface area contributed by atoms with Crippen molar-refractivity contribution in [2.24, 2.45) is 11.7 Å². The van der Waals surface area contributed by atoms with Gasteiger partial charge in [0, 0.05) is 11.6 Å². The third-order valence-electron chi connectivity index (χ3n) is 3.10. The number of aromatic nitrogens is 1. The average Bonchev–Trinajstić information content (AvgIpc) is 2.59. The first-order chi connectivity index (χ1) is 8.32. The summed E-state index contributed by atoms with van der Waals surface area (Å²) in [5.41, 5.74) is 7.73. The molecule has 0 aliphatic rings. The molecule has 1 amide bonds. The molecule has 0 aliphatic heterocycles. The Bertz CT molecular complexity index is 393. The van der Waals surface area contributed by atoms with Gasteiger partial charge in [-0.05, 0) is 33.1 Å². The minimum absolute atomic E-state index is 0.0131. The molecule has 5 heteroatoms. The second-order valence-electron chi connectivity index (χ2n) is 5.19. The fourth-order valence-electron chi connectivity index (χ4n) is 1.79. The van der Waals surface area contributed by atoms with E-state index in [2.05, 4.69) is 10.5 Å². The van der Waals surface area contributed by atoms with E-state index in [1.54, 1.807) is 0 Å². The second-order valence-corrected chi connectivity index (χ2v) is 5.19. The summed E-state index contributed by atoms with van der Waals surface area (Å²) in [4.78, 5) is 11.8. The maximum absolute atomic E-state index is 11.8. The molecule has 1 heterocycles. The van der Waals surface area contributed by atoms with Crippen LogP contribution < -0.4 is 11.1 Å². The van der Waals surface area contributed by atoms with Gasteiger partial charge in [0.2, 0.25) is 5.91 Å². The molecule has 1 aromatic heterocycles. The fraction of sp³-hybridized carbons (Fsp3) is 0.692. The molecule has 0 aliphatic carbocycles. The number of carbonyl (C=O) groups is 1. The first kappa shape index (κ1) is 14.7. The lowest BCUT2D eigenvalue weighted by molar-refractivity contribution is -0.123. The summed E-state index contributed by atoms with van der Waals surface area (Å²) in [5, 5.41) is 6.82. The van der Waals surface area contributed by atoms with Gasteiger partial charge in [-0.3, -0.25) is 4.79 Å². The predicted octanol–water partition coefficient (Wildman–Crippen LogP) is 1.32. The van der Waals surface area contributed by atoms with Crippen molar-refractivity contribution in [3.05, 3.63) is 17.0 Å². The molecule has 1 unspecified atom stereocenters. The van der Waals surface area contributed by atoms with E-state index >= 15 is 0 Å². The second kappa shape index (κ2) is 6.00. The normalized spacial score (nSPS) is 14.6. The Hall–Kier alpha value is -1.36. The molecule has 18 heavy (non-hydrogen) atoms. The van der Waals surface area contributed by atoms with Crippen LogP contribution in [0.1, 0.15) is 37.8 Å². The van der Waals surface area contributed by atoms with E-state index in [0.29, 0.717) is 6.42 Å². The number of hydrogen-bond acceptors (Lipinski definition) is 4. The molecule has 0 aromatic carbocycles. The topological polar surface area (TPSA) is 81.2 Å². The van der Waals surface area contributed by atoms with Crippen molar-refractivity contribution >= 4 is 5.91 Å². The molecule has 3 N–H and O–H groups in total. The van der Waals surface area contributed by atoms with Gasteiger partial charge < -0.3 is 15.6 Å². The summed E-state index contributed by atoms with van der Waals surface area (Å²) in [5.74, 6) is 0.835. The zero-order valence-corrected chi connectivity index (χ0v) is 11.8. The average molecular weight is 253 g/mol. The highest BCUT2D eigenvalue weighted by atomic mass is 16.5. The third-order valence-corrected chi connectivity index (χ3v) is 3.10. The minimum Gasteiger partial charge on any atom is -0.361 e. The zero-order valence-electron chi connectivity index (χ0n) is 11.8. The lowest BCUT2D eigenvalue weighted by Crippen LogP contribution is -2.47. The molecule has 5 nitrogen and oxygen atoms in total. The molecule has 0 radical (unpaired) electrons. The molecule has 102 valence electrons. The minimum atomic E-state index is -0.461. The van der Waals surface area contributed by atoms with Crippen molar-refractivity contribution in [2.75, 3.05) is 0 Å². The standard InChI is InChI=1S/C13H23N3O2/c1-7(2)12(14)13(17)15-8(3)6-11-9(4)16-18-10(11)5/h7-8,12H,6,14H2,1-5H3,(H,15,17)/t8?,12-/m0/s1. The van der Waals surface area contributed by atoms with Gasteiger partial charge in [0.25, 0.3) is 0 Å². The molecule has 0 saturated carbocycles. The number of aryl methyl sites for hydroxylation is 2. The summed E-state index contributed by atoms with van der Waals surface area (Å²) in [6.45, 7) is 9.60. The van der Waals surface area contributed by atoms with Gasteiger partial charge in [0.1, 0.15) is 5.76 Å². The highest BCUT2D eigenvalue weighted by Gasteiger charge is 2.20. The lowest BCUT2D eigenvalue weighted by atomic mass is 10.0. The summed E-state index contributed by atoms with van der Waals surface area (Å²) in [7, 11) is 0. The van der Waals surface area contributed by atoms with E-state index in [1.807, 2.05) is 34.6 Å². The van der Waals surface area contributed by atoms with E-state index in [-0.39, 0.29) is 17.9 Å². The van der Waals surface area contributed by atoms with Crippen LogP contribution in [0.5, 0.6) is 0 Å². The zero-order chi connectivity index (χ0) is 13.9. The van der Waals surface area contributed by atoms with E-state index in [1.165, 1.54) is 0 Å². The quantitative estimate of drug-likeness (QED) is 0.829. The van der Waals surface area contributed by atoms with Crippen LogP contribution in [0.15, 0.2) is 4.52 Å². The van der Waals surface area contributed by atoms with Crippen LogP contribution in [0.25, 0.3) is 0 Å². The number of rotatable bonds is 5. The smallest absolute Gasteiger partial charge is 0.237 e. The summed E-state index contributed by atoms with van der Waals surface area (Å²) < 4.78 is 5.10. The van der Waals surface area contributed by atoms with Crippen molar-refractivity contribution in [1.82, 2.24) is 10.5 Å². The Kier molecular flexibility index (Phi) is 4.90. The largest absolute Gasteiger partial charge is 0.361 e. The summed E-state index contributed by atoms with van der Waals surface area (Å²) >= 11 is 0. The first-order valence-corrected chi connectivity index (χ1v) is 6.30. The van der Waals surface area contributed by atoms with Crippen molar-refractivity contribution < 1.29 is 9.32 Å². The van der Waals surface area contributed by atoms with Gasteiger partial charge in [-0.25, -0.2) is 0 Å². The van der Waals surface area contributed by atoms with Gasteiger partial charge in [0.15, 0.2) is 0 Å². The van der Waals surface area contributed by atoms with Crippen molar-refractivity contribution in [3.8, 4) is 0 Å². The third kappa shape index (κ3) is 3.57. The number of nitrogens with one attached hydrogen (secondary N) is 1. The molecule has 0 fully saturated rings. The first-order valence-electron chi connectivity index (χ1n) is 6.30. The number of amides is 1. The van der Waals surface area contributed by atoms with Crippen molar-refractivity contribution in [3.63, 3.8) is 0 Å². The van der Waals surface area contributed by atoms with Crippen LogP contribution in [0, 0.1) is 19.8 Å². The van der Waals surface area contributed by atoms with Crippen molar-refractivity contribution in [1.29, 1.82) is 0 Å². The molecular formula is C13H23N3O2. The van der Waals surface area contributed by atoms with Gasteiger partial charge in [-0.15, -0.1) is 0 Å². The number of hydrogen-bond donors (Lipinski definition) is 2. The Morgan fingerprint density at radius 2 is 2.00 bits per heavy atom. The highest BCUT2D eigenvalue weighted by molar-refractivity contribution is 5.82. The maximum atomic E-state index is 11.8. The molecule has 0 bridgehead atoms. The summed E-state index contributed by atoms with van der Waals surface area (Å²) in [6.07, 6.45) is 0.706. The molecule has 2 atom stereocenters. The molecule has 0 saturated heterocycles. The van der Waals surface area contributed by atoms with E-state index in [9.17, 15) is 4.79 Å². The number of carbonyl (C=O) groups excluding carboxylic acids is 1. The van der Waals surface area contributed by atoms with E-state index < -0.39 is 6.04 Å². The predicted molar refractivity (Wildman–Crippen MR) is 70.1 cm³/mol. The Balaban J connectivity index is 2.57. The Labute approximate surface area is 108 Å². The SMILES string of the molecule is Cc1noc(C)c1CC(C)NC(=O)[C@@H](N)C(C)C. The maximum Gasteiger partial charge on any atom is 0.237 e. The van der Waals surface area contributed by atoms with Crippen LogP contribution in [0.3, 0.4) is 0 Å². The lowest BCUT2D eigenvalue weighted by Gasteiger charge is -2.19. The number of nitrogens with zero attached hydrogens (tertiary/aromatic N) is 1. The molecule has 0 spiro atoms.